The van der Waals surface area contributed by atoms with Gasteiger partial charge in [-0.05, 0) is 51.7 Å². The summed E-state index contributed by atoms with van der Waals surface area (Å²) in [6.07, 6.45) is 7.26. The van der Waals surface area contributed by atoms with E-state index in [-0.39, 0.29) is 18.0 Å². The second kappa shape index (κ2) is 7.34. The van der Waals surface area contributed by atoms with Crippen LogP contribution >= 0.6 is 0 Å². The molecular formula is C18H24O4. The molecule has 0 heterocycles. The average Bonchev–Trinajstić information content (AvgIpc) is 2.42. The van der Waals surface area contributed by atoms with E-state index in [0.717, 1.165) is 5.57 Å². The van der Waals surface area contributed by atoms with E-state index in [0.29, 0.717) is 30.4 Å². The first kappa shape index (κ1) is 18.1. The molecule has 0 saturated carbocycles. The highest BCUT2D eigenvalue weighted by Crippen LogP contribution is 2.40. The zero-order valence-electron chi connectivity index (χ0n) is 13.7. The van der Waals surface area contributed by atoms with E-state index in [1.807, 2.05) is 19.1 Å². The lowest BCUT2D eigenvalue weighted by Crippen LogP contribution is -2.34. The van der Waals surface area contributed by atoms with E-state index >= 15 is 0 Å². The first-order chi connectivity index (χ1) is 10.2. The maximum absolute atomic E-state index is 11.9. The van der Waals surface area contributed by atoms with Crippen LogP contribution in [0.2, 0.25) is 0 Å². The number of aliphatic carboxylic acids is 1. The maximum atomic E-state index is 11.9. The molecule has 4 heteroatoms. The van der Waals surface area contributed by atoms with Crippen LogP contribution in [0.3, 0.4) is 0 Å². The van der Waals surface area contributed by atoms with Crippen LogP contribution in [0, 0.1) is 5.41 Å². The third-order valence-electron chi connectivity index (χ3n) is 4.22. The number of rotatable bonds is 6. The molecule has 1 N–H and O–H groups in total. The Labute approximate surface area is 131 Å². The van der Waals surface area contributed by atoms with Crippen LogP contribution in [0.4, 0.5) is 0 Å². The molecule has 4 nitrogen and oxygen atoms in total. The van der Waals surface area contributed by atoms with Gasteiger partial charge in [0.15, 0.2) is 5.78 Å². The van der Waals surface area contributed by atoms with Gasteiger partial charge in [-0.25, -0.2) is 0 Å². The molecule has 22 heavy (non-hydrogen) atoms. The minimum absolute atomic E-state index is 0.0107. The first-order valence-corrected chi connectivity index (χ1v) is 7.50. The maximum Gasteiger partial charge on any atom is 0.313 e. The third-order valence-corrected chi connectivity index (χ3v) is 4.22. The number of ketones is 2. The number of carbonyl (C=O) groups excluding carboxylic acids is 2. The van der Waals surface area contributed by atoms with Crippen molar-refractivity contribution >= 4 is 17.5 Å². The Hall–Kier alpha value is -1.97. The molecule has 0 radical (unpaired) electrons. The molecule has 0 saturated heterocycles. The van der Waals surface area contributed by atoms with Crippen LogP contribution < -0.4 is 0 Å². The second-order valence-corrected chi connectivity index (χ2v) is 6.12. The zero-order chi connectivity index (χ0) is 16.9. The predicted molar refractivity (Wildman–Crippen MR) is 85.5 cm³/mol. The predicted octanol–water partition coefficient (Wildman–Crippen LogP) is 3.63. The van der Waals surface area contributed by atoms with Crippen LogP contribution in [-0.4, -0.2) is 22.6 Å². The summed E-state index contributed by atoms with van der Waals surface area (Å²) in [5.41, 5.74) is 1.04. The molecule has 0 aliphatic heterocycles. The van der Waals surface area contributed by atoms with E-state index in [2.05, 4.69) is 0 Å². The fourth-order valence-electron chi connectivity index (χ4n) is 2.57. The summed E-state index contributed by atoms with van der Waals surface area (Å²) >= 11 is 0. The van der Waals surface area contributed by atoms with Gasteiger partial charge in [-0.2, -0.15) is 0 Å². The molecule has 0 unspecified atom stereocenters. The van der Waals surface area contributed by atoms with Gasteiger partial charge in [0.2, 0.25) is 0 Å². The number of Topliss-reactive ketones (excluding diaryl/α,β-unsaturated/α-hetero) is 2. The zero-order valence-corrected chi connectivity index (χ0v) is 13.7. The summed E-state index contributed by atoms with van der Waals surface area (Å²) < 4.78 is 0. The minimum Gasteiger partial charge on any atom is -0.481 e. The normalized spacial score (nSPS) is 23.3. The highest BCUT2D eigenvalue weighted by Gasteiger charge is 2.41. The summed E-state index contributed by atoms with van der Waals surface area (Å²) in [6, 6.07) is 0. The Morgan fingerprint density at radius 2 is 1.95 bits per heavy atom. The van der Waals surface area contributed by atoms with Crippen molar-refractivity contribution in [1.82, 2.24) is 0 Å². The third kappa shape index (κ3) is 4.26. The Bertz CT molecular complexity index is 578. The van der Waals surface area contributed by atoms with Crippen LogP contribution in [0.1, 0.15) is 53.4 Å². The van der Waals surface area contributed by atoms with Crippen LogP contribution in [0.5, 0.6) is 0 Å². The van der Waals surface area contributed by atoms with Crippen molar-refractivity contribution < 1.29 is 19.5 Å². The Morgan fingerprint density at radius 1 is 1.32 bits per heavy atom. The van der Waals surface area contributed by atoms with Gasteiger partial charge in [0.25, 0.3) is 0 Å². The smallest absolute Gasteiger partial charge is 0.313 e. The number of allylic oxidation sites excluding steroid dienone is 5. The number of hydrogen-bond acceptors (Lipinski definition) is 3. The van der Waals surface area contributed by atoms with E-state index in [9.17, 15) is 19.5 Å². The van der Waals surface area contributed by atoms with Crippen molar-refractivity contribution in [3.63, 3.8) is 0 Å². The molecule has 1 aliphatic carbocycles. The van der Waals surface area contributed by atoms with Crippen LogP contribution in [0.15, 0.2) is 34.9 Å². The van der Waals surface area contributed by atoms with E-state index in [1.54, 1.807) is 26.8 Å². The second-order valence-electron chi connectivity index (χ2n) is 6.12. The molecule has 0 aromatic heterocycles. The molecule has 0 bridgehead atoms. The van der Waals surface area contributed by atoms with Gasteiger partial charge >= 0.3 is 5.97 Å². The average molecular weight is 304 g/mol. The van der Waals surface area contributed by atoms with Gasteiger partial charge in [0.05, 0.1) is 5.41 Å². The molecule has 1 aliphatic rings. The van der Waals surface area contributed by atoms with Crippen molar-refractivity contribution in [2.45, 2.75) is 53.4 Å². The molecule has 0 aromatic rings. The van der Waals surface area contributed by atoms with Crippen LogP contribution in [0.25, 0.3) is 0 Å². The first-order valence-electron chi connectivity index (χ1n) is 7.50. The summed E-state index contributed by atoms with van der Waals surface area (Å²) in [5, 5.41) is 9.51. The van der Waals surface area contributed by atoms with Crippen molar-refractivity contribution in [2.24, 2.45) is 5.41 Å². The number of carboxylic acid groups (broad SMARTS) is 1. The van der Waals surface area contributed by atoms with Gasteiger partial charge in [0.1, 0.15) is 5.78 Å². The summed E-state index contributed by atoms with van der Waals surface area (Å²) in [4.78, 5) is 34.4. The van der Waals surface area contributed by atoms with Gasteiger partial charge in [-0.1, -0.05) is 23.8 Å². The van der Waals surface area contributed by atoms with Crippen molar-refractivity contribution in [3.8, 4) is 0 Å². The molecule has 0 amide bonds. The highest BCUT2D eigenvalue weighted by atomic mass is 16.4. The van der Waals surface area contributed by atoms with Crippen molar-refractivity contribution in [2.75, 3.05) is 0 Å². The SMILES string of the molecule is CC(=O)CC/C=C(C)\C=C\C1=C(C)C(=O)CC[C@]1(C)C(=O)O. The number of hydrogen-bond donors (Lipinski definition) is 1. The number of carbonyl (C=O) groups is 3. The quantitative estimate of drug-likeness (QED) is 0.761. The fourth-order valence-corrected chi connectivity index (χ4v) is 2.57. The Balaban J connectivity index is 3.02. The molecule has 0 spiro atoms. The summed E-state index contributed by atoms with van der Waals surface area (Å²) in [5.74, 6) is -0.753. The lowest BCUT2D eigenvalue weighted by Gasteiger charge is -2.31. The largest absolute Gasteiger partial charge is 0.481 e. The highest BCUT2D eigenvalue weighted by molar-refractivity contribution is 6.00. The standard InChI is InChI=1S/C18H24O4/c1-12(6-5-7-13(2)19)8-9-15-14(3)16(20)10-11-18(15,4)17(21)22/h6,8-9H,5,7,10-11H2,1-4H3,(H,21,22)/b9-8+,12-6-/t18-/m0/s1. The van der Waals surface area contributed by atoms with E-state index < -0.39 is 11.4 Å². The molecule has 1 rings (SSSR count). The lowest BCUT2D eigenvalue weighted by molar-refractivity contribution is -0.146. The topological polar surface area (TPSA) is 71.4 Å². The van der Waals surface area contributed by atoms with Crippen LogP contribution in [-0.2, 0) is 14.4 Å². The summed E-state index contributed by atoms with van der Waals surface area (Å²) in [6.45, 7) is 6.81. The number of carboxylic acids is 1. The van der Waals surface area contributed by atoms with Gasteiger partial charge in [-0.15, -0.1) is 0 Å². The van der Waals surface area contributed by atoms with E-state index in [1.165, 1.54) is 0 Å². The van der Waals surface area contributed by atoms with Gasteiger partial charge < -0.3 is 9.90 Å². The van der Waals surface area contributed by atoms with E-state index in [4.69, 9.17) is 0 Å². The molecule has 0 aromatic carbocycles. The molecular weight excluding hydrogens is 280 g/mol. The summed E-state index contributed by atoms with van der Waals surface area (Å²) in [7, 11) is 0. The van der Waals surface area contributed by atoms with Crippen molar-refractivity contribution in [3.05, 3.63) is 34.9 Å². The van der Waals surface area contributed by atoms with Gasteiger partial charge in [0, 0.05) is 12.8 Å². The fraction of sp³-hybridized carbons (Fsp3) is 0.500. The Morgan fingerprint density at radius 3 is 2.50 bits per heavy atom. The van der Waals surface area contributed by atoms with Crippen molar-refractivity contribution in [1.29, 1.82) is 0 Å². The molecule has 0 fully saturated rings. The minimum atomic E-state index is -1.02. The molecule has 120 valence electrons. The molecule has 1 atom stereocenters. The lowest BCUT2D eigenvalue weighted by atomic mass is 9.70. The van der Waals surface area contributed by atoms with Gasteiger partial charge in [-0.3, -0.25) is 9.59 Å². The Kier molecular flexibility index (Phi) is 6.03. The monoisotopic (exact) mass is 304 g/mol.